The van der Waals surface area contributed by atoms with Crippen LogP contribution in [0.2, 0.25) is 0 Å². The van der Waals surface area contributed by atoms with Crippen molar-refractivity contribution in [2.45, 2.75) is 12.6 Å². The molecule has 16 heavy (non-hydrogen) atoms. The van der Waals surface area contributed by atoms with Crippen molar-refractivity contribution >= 4 is 5.91 Å². The fourth-order valence-electron chi connectivity index (χ4n) is 1.72. The van der Waals surface area contributed by atoms with Crippen LogP contribution < -0.4 is 0 Å². The van der Waals surface area contributed by atoms with Crippen molar-refractivity contribution in [1.29, 1.82) is 0 Å². The van der Waals surface area contributed by atoms with Crippen LogP contribution in [0.25, 0.3) is 0 Å². The average molecular weight is 236 g/mol. The molecule has 92 valence electrons. The van der Waals surface area contributed by atoms with Gasteiger partial charge in [-0.1, -0.05) is 6.08 Å². The Morgan fingerprint density at radius 3 is 2.50 bits per heavy atom. The molecule has 1 rings (SSSR count). The third kappa shape index (κ3) is 3.52. The Balaban J connectivity index is 2.53. The van der Waals surface area contributed by atoms with Crippen LogP contribution in [0.5, 0.6) is 0 Å². The molecule has 0 aromatic heterocycles. The monoisotopic (exact) mass is 236 g/mol. The van der Waals surface area contributed by atoms with Crippen molar-refractivity contribution in [2.24, 2.45) is 0 Å². The number of hydrogen-bond donors (Lipinski definition) is 0. The predicted octanol–water partition coefficient (Wildman–Crippen LogP) is 1.27. The summed E-state index contributed by atoms with van der Waals surface area (Å²) < 4.78 is 36.6. The molecule has 1 amide bonds. The maximum atomic E-state index is 12.2. The number of alkyl halides is 3. The molecular weight excluding hydrogens is 221 g/mol. The van der Waals surface area contributed by atoms with E-state index < -0.39 is 12.1 Å². The van der Waals surface area contributed by atoms with Crippen molar-refractivity contribution in [1.82, 2.24) is 9.80 Å². The first-order chi connectivity index (χ1) is 7.45. The van der Waals surface area contributed by atoms with Crippen molar-refractivity contribution < 1.29 is 18.0 Å². The molecule has 3 nitrogen and oxygen atoms in total. The quantitative estimate of drug-likeness (QED) is 0.674. The summed E-state index contributed by atoms with van der Waals surface area (Å²) in [5.74, 6) is -1.73. The van der Waals surface area contributed by atoms with Crippen LogP contribution in [0.1, 0.15) is 6.42 Å². The lowest BCUT2D eigenvalue weighted by Gasteiger charge is -2.22. The van der Waals surface area contributed by atoms with E-state index >= 15 is 0 Å². The van der Waals surface area contributed by atoms with E-state index in [1.165, 1.54) is 0 Å². The van der Waals surface area contributed by atoms with Gasteiger partial charge in [-0.15, -0.1) is 6.58 Å². The molecular formula is C10H15F3N2O. The van der Waals surface area contributed by atoms with Crippen LogP contribution in [0.4, 0.5) is 13.2 Å². The molecule has 0 spiro atoms. The van der Waals surface area contributed by atoms with E-state index in [2.05, 4.69) is 6.58 Å². The van der Waals surface area contributed by atoms with Crippen molar-refractivity contribution in [3.63, 3.8) is 0 Å². The van der Waals surface area contributed by atoms with E-state index in [4.69, 9.17) is 0 Å². The largest absolute Gasteiger partial charge is 0.471 e. The van der Waals surface area contributed by atoms with Gasteiger partial charge >= 0.3 is 12.1 Å². The maximum Gasteiger partial charge on any atom is 0.471 e. The fraction of sp³-hybridized carbons (Fsp3) is 0.700. The first-order valence-corrected chi connectivity index (χ1v) is 5.14. The Labute approximate surface area is 92.5 Å². The SMILES string of the molecule is C=CCN1CCCN(C(=O)C(F)(F)F)CC1. The van der Waals surface area contributed by atoms with Gasteiger partial charge in [0.1, 0.15) is 0 Å². The Bertz CT molecular complexity index is 265. The molecule has 0 aliphatic carbocycles. The highest BCUT2D eigenvalue weighted by atomic mass is 19.4. The zero-order valence-corrected chi connectivity index (χ0v) is 8.96. The smallest absolute Gasteiger partial charge is 0.334 e. The highest BCUT2D eigenvalue weighted by Crippen LogP contribution is 2.19. The van der Waals surface area contributed by atoms with E-state index in [9.17, 15) is 18.0 Å². The molecule has 0 aromatic rings. The van der Waals surface area contributed by atoms with E-state index in [0.717, 1.165) is 4.90 Å². The van der Waals surface area contributed by atoms with Gasteiger partial charge in [0, 0.05) is 32.7 Å². The van der Waals surface area contributed by atoms with Gasteiger partial charge in [0.2, 0.25) is 0 Å². The number of halogens is 3. The van der Waals surface area contributed by atoms with E-state index in [-0.39, 0.29) is 13.1 Å². The highest BCUT2D eigenvalue weighted by Gasteiger charge is 2.42. The Morgan fingerprint density at radius 1 is 1.25 bits per heavy atom. The summed E-state index contributed by atoms with van der Waals surface area (Å²) in [6, 6.07) is 0. The molecule has 0 bridgehead atoms. The van der Waals surface area contributed by atoms with E-state index in [0.29, 0.717) is 26.1 Å². The minimum absolute atomic E-state index is 0.131. The summed E-state index contributed by atoms with van der Waals surface area (Å²) in [5, 5.41) is 0. The van der Waals surface area contributed by atoms with Crippen molar-refractivity contribution in [3.8, 4) is 0 Å². The van der Waals surface area contributed by atoms with Gasteiger partial charge < -0.3 is 4.90 Å². The Kier molecular flexibility index (Phi) is 4.35. The van der Waals surface area contributed by atoms with Gasteiger partial charge in [-0.3, -0.25) is 9.69 Å². The lowest BCUT2D eigenvalue weighted by Crippen LogP contribution is -2.43. The number of rotatable bonds is 2. The summed E-state index contributed by atoms with van der Waals surface area (Å²) in [5.41, 5.74) is 0. The second-order valence-electron chi connectivity index (χ2n) is 3.73. The van der Waals surface area contributed by atoms with Gasteiger partial charge in [-0.05, 0) is 6.42 Å². The van der Waals surface area contributed by atoms with Gasteiger partial charge in [0.15, 0.2) is 0 Å². The average Bonchev–Trinajstić information content (AvgIpc) is 2.41. The third-order valence-corrected chi connectivity index (χ3v) is 2.51. The molecule has 1 heterocycles. The van der Waals surface area contributed by atoms with Crippen molar-refractivity contribution in [3.05, 3.63) is 12.7 Å². The lowest BCUT2D eigenvalue weighted by molar-refractivity contribution is -0.185. The zero-order valence-electron chi connectivity index (χ0n) is 8.96. The molecule has 0 N–H and O–H groups in total. The maximum absolute atomic E-state index is 12.2. The predicted molar refractivity (Wildman–Crippen MR) is 53.9 cm³/mol. The first kappa shape index (κ1) is 13.0. The molecule has 0 aromatic carbocycles. The second kappa shape index (κ2) is 5.34. The fourth-order valence-corrected chi connectivity index (χ4v) is 1.72. The van der Waals surface area contributed by atoms with Gasteiger partial charge in [-0.2, -0.15) is 13.2 Å². The molecule has 0 unspecified atom stereocenters. The molecule has 6 heteroatoms. The first-order valence-electron chi connectivity index (χ1n) is 5.14. The summed E-state index contributed by atoms with van der Waals surface area (Å²) in [6.07, 6.45) is -2.48. The molecule has 0 atom stereocenters. The normalized spacial score (nSPS) is 19.3. The molecule has 1 fully saturated rings. The van der Waals surface area contributed by atoms with Crippen LogP contribution in [-0.2, 0) is 4.79 Å². The molecule has 1 aliphatic heterocycles. The van der Waals surface area contributed by atoms with Crippen LogP contribution in [0, 0.1) is 0 Å². The van der Waals surface area contributed by atoms with Crippen LogP contribution in [-0.4, -0.2) is 54.6 Å². The number of nitrogens with zero attached hydrogens (tertiary/aromatic N) is 2. The van der Waals surface area contributed by atoms with Gasteiger partial charge in [0.25, 0.3) is 0 Å². The molecule has 1 aliphatic rings. The Hall–Kier alpha value is -1.04. The molecule has 1 saturated heterocycles. The summed E-state index contributed by atoms with van der Waals surface area (Å²) in [4.78, 5) is 13.9. The molecule has 0 saturated carbocycles. The molecule has 0 radical (unpaired) electrons. The van der Waals surface area contributed by atoms with Crippen LogP contribution >= 0.6 is 0 Å². The number of carbonyl (C=O) groups excluding carboxylic acids is 1. The third-order valence-electron chi connectivity index (χ3n) is 2.51. The standard InChI is InChI=1S/C10H15F3N2O/c1-2-4-14-5-3-6-15(8-7-14)9(16)10(11,12)13/h2H,1,3-8H2. The van der Waals surface area contributed by atoms with Crippen LogP contribution in [0.3, 0.4) is 0 Å². The summed E-state index contributed by atoms with van der Waals surface area (Å²) in [7, 11) is 0. The number of hydrogen-bond acceptors (Lipinski definition) is 2. The minimum Gasteiger partial charge on any atom is -0.334 e. The van der Waals surface area contributed by atoms with Crippen LogP contribution in [0.15, 0.2) is 12.7 Å². The lowest BCUT2D eigenvalue weighted by atomic mass is 10.3. The minimum atomic E-state index is -4.76. The second-order valence-corrected chi connectivity index (χ2v) is 3.73. The van der Waals surface area contributed by atoms with Gasteiger partial charge in [-0.25, -0.2) is 0 Å². The zero-order chi connectivity index (χ0) is 12.2. The van der Waals surface area contributed by atoms with E-state index in [1.54, 1.807) is 6.08 Å². The number of carbonyl (C=O) groups is 1. The van der Waals surface area contributed by atoms with E-state index in [1.807, 2.05) is 4.90 Å². The van der Waals surface area contributed by atoms with Gasteiger partial charge in [0.05, 0.1) is 0 Å². The number of amides is 1. The summed E-state index contributed by atoms with van der Waals surface area (Å²) >= 11 is 0. The highest BCUT2D eigenvalue weighted by molar-refractivity contribution is 5.81. The topological polar surface area (TPSA) is 23.6 Å². The summed E-state index contributed by atoms with van der Waals surface area (Å²) in [6.45, 7) is 5.70. The van der Waals surface area contributed by atoms with Crippen molar-refractivity contribution in [2.75, 3.05) is 32.7 Å². The Morgan fingerprint density at radius 2 is 1.94 bits per heavy atom.